The Balaban J connectivity index is 0.895. The number of aromatic nitrogens is 2. The van der Waals surface area contributed by atoms with E-state index in [1.54, 1.807) is 37.6 Å². The highest BCUT2D eigenvalue weighted by atomic mass is 32.2. The van der Waals surface area contributed by atoms with Crippen LogP contribution in [0, 0.1) is 21.3 Å². The highest BCUT2D eigenvalue weighted by molar-refractivity contribution is 7.98. The number of halogens is 1. The molecule has 3 aromatic carbocycles. The quantitative estimate of drug-likeness (QED) is 0.0664. The van der Waals surface area contributed by atoms with Gasteiger partial charge in [-0.25, -0.2) is 9.37 Å². The number of anilines is 2. The average Bonchev–Trinajstić information content (AvgIpc) is 3.64. The first kappa shape index (κ1) is 37.3. The number of rotatable bonds is 13. The molecule has 0 atom stereocenters. The summed E-state index contributed by atoms with van der Waals surface area (Å²) in [5, 5.41) is 15.3. The van der Waals surface area contributed by atoms with E-state index >= 15 is 0 Å². The minimum absolute atomic E-state index is 0.0818. The summed E-state index contributed by atoms with van der Waals surface area (Å²) in [6.07, 6.45) is 5.71. The molecular weight excluding hydrogens is 740 g/mol. The third-order valence-electron chi connectivity index (χ3n) is 11.1. The number of benzene rings is 3. The van der Waals surface area contributed by atoms with Crippen LogP contribution in [0.1, 0.15) is 28.8 Å². The maximum absolute atomic E-state index is 14.6. The number of nitro groups is 1. The fourth-order valence-corrected chi connectivity index (χ4v) is 8.82. The maximum Gasteiger partial charge on any atom is 0.293 e. The Morgan fingerprint density at radius 2 is 1.84 bits per heavy atom. The van der Waals surface area contributed by atoms with Crippen molar-refractivity contribution in [3.8, 4) is 23.0 Å². The zero-order valence-corrected chi connectivity index (χ0v) is 32.2. The van der Waals surface area contributed by atoms with Gasteiger partial charge in [0.05, 0.1) is 30.9 Å². The molecule has 1 aliphatic carbocycles. The number of nitrogens with zero attached hydrogens (tertiary/aromatic N) is 5. The van der Waals surface area contributed by atoms with Crippen LogP contribution < -0.4 is 29.1 Å². The molecule has 292 valence electrons. The Hall–Kier alpha value is -5.58. The van der Waals surface area contributed by atoms with Crippen LogP contribution in [0.25, 0.3) is 11.0 Å². The normalized spacial score (nSPS) is 17.0. The Kier molecular flexibility index (Phi) is 10.3. The van der Waals surface area contributed by atoms with Gasteiger partial charge in [0.2, 0.25) is 0 Å². The topological polar surface area (TPSA) is 150 Å². The van der Waals surface area contributed by atoms with Gasteiger partial charge in [0.25, 0.3) is 11.6 Å². The van der Waals surface area contributed by atoms with Crippen molar-refractivity contribution in [2.24, 2.45) is 5.41 Å². The third-order valence-corrected chi connectivity index (χ3v) is 11.9. The molecule has 0 unspecified atom stereocenters. The van der Waals surface area contributed by atoms with Crippen molar-refractivity contribution in [1.29, 1.82) is 0 Å². The monoisotopic (exact) mass is 782 g/mol. The fourth-order valence-electron chi connectivity index (χ4n) is 8.19. The van der Waals surface area contributed by atoms with Gasteiger partial charge in [-0.05, 0) is 78.9 Å². The van der Waals surface area contributed by atoms with Crippen molar-refractivity contribution in [1.82, 2.24) is 24.5 Å². The molecule has 3 aliphatic rings. The summed E-state index contributed by atoms with van der Waals surface area (Å²) in [6.45, 7) is 6.30. The predicted octanol–water partition coefficient (Wildman–Crippen LogP) is 6.69. The summed E-state index contributed by atoms with van der Waals surface area (Å²) >= 11 is 1.00. The SMILES string of the molecule is CNc1ccc(SNC(=O)c2ccc(N3CC4(CC(N5CCN(Cc6cc(F)c(OC)c(OC)c6)CC5)C4)C3)cc2Oc2cnc3[nH]ccc3c2)cc1[N+](=O)[O-]. The molecule has 8 rings (SSSR count). The highest BCUT2D eigenvalue weighted by Crippen LogP contribution is 2.52. The number of H-pyrrole nitrogens is 1. The van der Waals surface area contributed by atoms with E-state index in [0.29, 0.717) is 46.0 Å². The Morgan fingerprint density at radius 1 is 1.04 bits per heavy atom. The van der Waals surface area contributed by atoms with Crippen LogP contribution in [0.4, 0.5) is 21.5 Å². The van der Waals surface area contributed by atoms with Gasteiger partial charge in [-0.15, -0.1) is 0 Å². The van der Waals surface area contributed by atoms with Gasteiger partial charge in [-0.2, -0.15) is 0 Å². The van der Waals surface area contributed by atoms with Gasteiger partial charge in [0.1, 0.15) is 22.8 Å². The average molecular weight is 783 g/mol. The first-order valence-corrected chi connectivity index (χ1v) is 19.3. The van der Waals surface area contributed by atoms with Gasteiger partial charge in [-0.3, -0.25) is 29.4 Å². The second kappa shape index (κ2) is 15.5. The van der Waals surface area contributed by atoms with Crippen molar-refractivity contribution in [2.75, 3.05) is 70.8 Å². The summed E-state index contributed by atoms with van der Waals surface area (Å²) < 4.78 is 34.2. The van der Waals surface area contributed by atoms with Crippen LogP contribution in [-0.4, -0.2) is 97.2 Å². The molecule has 16 heteroatoms. The number of ether oxygens (including phenoxy) is 3. The van der Waals surface area contributed by atoms with E-state index in [9.17, 15) is 19.3 Å². The minimum atomic E-state index is -0.461. The lowest BCUT2D eigenvalue weighted by atomic mass is 9.60. The Labute approximate surface area is 327 Å². The molecule has 2 aromatic heterocycles. The molecule has 14 nitrogen and oxygen atoms in total. The lowest BCUT2D eigenvalue weighted by molar-refractivity contribution is -0.384. The number of hydrogen-bond acceptors (Lipinski definition) is 12. The number of aromatic amines is 1. The summed E-state index contributed by atoms with van der Waals surface area (Å²) in [5.41, 5.74) is 3.46. The van der Waals surface area contributed by atoms with Crippen LogP contribution in [-0.2, 0) is 6.54 Å². The molecule has 4 heterocycles. The van der Waals surface area contributed by atoms with Crippen LogP contribution >= 0.6 is 11.9 Å². The zero-order chi connectivity index (χ0) is 39.0. The fraction of sp³-hybridized carbons (Fsp3) is 0.350. The van der Waals surface area contributed by atoms with Crippen LogP contribution in [0.5, 0.6) is 23.0 Å². The minimum Gasteiger partial charge on any atom is -0.493 e. The third kappa shape index (κ3) is 7.51. The van der Waals surface area contributed by atoms with E-state index in [1.807, 2.05) is 30.3 Å². The van der Waals surface area contributed by atoms with Crippen LogP contribution in [0.2, 0.25) is 0 Å². The summed E-state index contributed by atoms with van der Waals surface area (Å²) in [7, 11) is 4.58. The smallest absolute Gasteiger partial charge is 0.293 e. The van der Waals surface area contributed by atoms with E-state index in [4.69, 9.17) is 14.2 Å². The largest absolute Gasteiger partial charge is 0.493 e. The van der Waals surface area contributed by atoms with E-state index in [0.717, 1.165) is 86.3 Å². The number of nitro benzene ring substituents is 1. The van der Waals surface area contributed by atoms with Crippen LogP contribution in [0.15, 0.2) is 78.0 Å². The first-order chi connectivity index (χ1) is 27.1. The molecule has 56 heavy (non-hydrogen) atoms. The second-order valence-electron chi connectivity index (χ2n) is 14.6. The van der Waals surface area contributed by atoms with E-state index in [2.05, 4.69) is 34.7 Å². The van der Waals surface area contributed by atoms with Crippen molar-refractivity contribution in [3.05, 3.63) is 100 Å². The number of methoxy groups -OCH3 is 2. The predicted molar refractivity (Wildman–Crippen MR) is 213 cm³/mol. The molecule has 5 aromatic rings. The standard InChI is InChI=1S/C40H43FN8O6S/c1-42-33-7-5-30(18-34(33)49(51)52)56-45-39(50)31-6-4-27(17-35(31)55-29-16-26-8-9-43-38(26)44-21-29)48-23-40(24-48)19-28(20-40)47-12-10-46(11-13-47)22-25-14-32(41)37(54-3)36(15-25)53-2/h4-9,14-18,21,28,42H,10-13,19-20,22-24H2,1-3H3,(H,43,44)(H,45,50). The van der Waals surface area contributed by atoms with Crippen molar-refractivity contribution < 1.29 is 28.3 Å². The Bertz CT molecular complexity index is 2270. The first-order valence-electron chi connectivity index (χ1n) is 18.4. The van der Waals surface area contributed by atoms with E-state index < -0.39 is 16.6 Å². The molecule has 1 amide bonds. The van der Waals surface area contributed by atoms with Crippen LogP contribution in [0.3, 0.4) is 0 Å². The molecule has 1 saturated carbocycles. The molecule has 3 N–H and O–H groups in total. The summed E-state index contributed by atoms with van der Waals surface area (Å²) in [5.74, 6) is 0.606. The van der Waals surface area contributed by atoms with E-state index in [-0.39, 0.29) is 16.9 Å². The number of hydrogen-bond donors (Lipinski definition) is 3. The number of fused-ring (bicyclic) bond motifs is 1. The number of carbonyl (C=O) groups excluding carboxylic acids is 1. The zero-order valence-electron chi connectivity index (χ0n) is 31.3. The van der Waals surface area contributed by atoms with Crippen molar-refractivity contribution >= 4 is 46.0 Å². The molecule has 0 bridgehead atoms. The number of pyridine rings is 1. The van der Waals surface area contributed by atoms with Gasteiger partial charge < -0.3 is 29.4 Å². The van der Waals surface area contributed by atoms with Gasteiger partial charge in [0.15, 0.2) is 17.3 Å². The maximum atomic E-state index is 14.6. The second-order valence-corrected chi connectivity index (χ2v) is 15.5. The van der Waals surface area contributed by atoms with Crippen molar-refractivity contribution in [3.63, 3.8) is 0 Å². The summed E-state index contributed by atoms with van der Waals surface area (Å²) in [4.78, 5) is 40.0. The molecular formula is C40H43FN8O6S. The molecule has 2 aliphatic heterocycles. The van der Waals surface area contributed by atoms with Gasteiger partial charge in [0, 0.05) is 98.6 Å². The lowest BCUT2D eigenvalue weighted by Crippen LogP contribution is -2.68. The molecule has 2 saturated heterocycles. The van der Waals surface area contributed by atoms with Crippen molar-refractivity contribution in [2.45, 2.75) is 30.3 Å². The van der Waals surface area contributed by atoms with Gasteiger partial charge >= 0.3 is 0 Å². The number of piperazine rings is 1. The number of nitrogens with one attached hydrogen (secondary N) is 3. The highest BCUT2D eigenvalue weighted by Gasteiger charge is 2.54. The molecule has 1 spiro atoms. The Morgan fingerprint density at radius 3 is 2.57 bits per heavy atom. The molecule has 0 radical (unpaired) electrons. The lowest BCUT2D eigenvalue weighted by Gasteiger charge is -2.62. The number of amides is 1. The van der Waals surface area contributed by atoms with Gasteiger partial charge in [-0.1, -0.05) is 0 Å². The molecule has 3 fully saturated rings. The van der Waals surface area contributed by atoms with E-state index in [1.165, 1.54) is 26.4 Å². The number of carbonyl (C=O) groups is 1. The summed E-state index contributed by atoms with van der Waals surface area (Å²) in [6, 6.07) is 18.1.